The third-order valence-electron chi connectivity index (χ3n) is 13.3. The van der Waals surface area contributed by atoms with E-state index >= 15 is 0 Å². The molecule has 0 N–H and O–H groups in total. The maximum atomic E-state index is 6.16. The van der Waals surface area contributed by atoms with Gasteiger partial charge in [0.15, 0.2) is 5.71 Å². The smallest absolute Gasteiger partial charge is 0.210 e. The Morgan fingerprint density at radius 2 is 1.34 bits per heavy atom. The fraction of sp³-hybridized carbons (Fsp3) is 0.375. The molecule has 0 amide bonds. The van der Waals surface area contributed by atoms with Gasteiger partial charge >= 0.3 is 0 Å². The van der Waals surface area contributed by atoms with Gasteiger partial charge < -0.3 is 9.64 Å². The Balaban J connectivity index is 1.25. The van der Waals surface area contributed by atoms with Gasteiger partial charge in [0.2, 0.25) is 5.69 Å². The molecular weight excluding hydrogens is 717 g/mol. The fourth-order valence-corrected chi connectivity index (χ4v) is 10.2. The first-order valence-electron chi connectivity index (χ1n) is 22.7. The molecule has 0 unspecified atom stereocenters. The van der Waals surface area contributed by atoms with Gasteiger partial charge in [0.05, 0.1) is 12.0 Å². The Labute approximate surface area is 354 Å². The summed E-state index contributed by atoms with van der Waals surface area (Å²) in [6.45, 7) is 19.4. The first kappa shape index (κ1) is 40.6. The number of unbranched alkanes of at least 4 members (excludes halogenated alkanes) is 3. The Bertz CT molecular complexity index is 2500. The zero-order chi connectivity index (χ0) is 41.1. The van der Waals surface area contributed by atoms with Crippen LogP contribution in [0.2, 0.25) is 0 Å². The predicted octanol–water partition coefficient (Wildman–Crippen LogP) is 15.0. The van der Waals surface area contributed by atoms with Crippen molar-refractivity contribution in [1.82, 2.24) is 0 Å². The van der Waals surface area contributed by atoms with Crippen molar-refractivity contribution in [2.45, 2.75) is 117 Å². The molecule has 0 spiro atoms. The number of anilines is 1. The van der Waals surface area contributed by atoms with Gasteiger partial charge in [-0.15, -0.1) is 0 Å². The van der Waals surface area contributed by atoms with E-state index in [0.29, 0.717) is 0 Å². The average molecular weight is 782 g/mol. The highest BCUT2D eigenvalue weighted by Gasteiger charge is 2.45. The molecule has 0 aromatic heterocycles. The number of fused-ring (bicyclic) bond motifs is 6. The van der Waals surface area contributed by atoms with Gasteiger partial charge in [-0.05, 0) is 126 Å². The Hall–Kier alpha value is -5.15. The molecule has 0 fully saturated rings. The zero-order valence-electron chi connectivity index (χ0n) is 36.8. The molecule has 5 aromatic carbocycles. The quantitative estimate of drug-likeness (QED) is 0.0824. The molecule has 8 rings (SSSR count). The van der Waals surface area contributed by atoms with Gasteiger partial charge in [-0.1, -0.05) is 133 Å². The SMILES string of the molecule is CCCCOc1ccc(C2=C(/C=C/C3=[N+](CCCC)c4ccc5ccccc5c4C3(C)C)CCC/C2=C\C=C2/N(CCCC)c3ccc4ccccc4c3C2(C)C)cc1. The van der Waals surface area contributed by atoms with E-state index in [1.165, 1.54) is 90.6 Å². The summed E-state index contributed by atoms with van der Waals surface area (Å²) in [6, 6.07) is 36.2. The zero-order valence-corrected chi connectivity index (χ0v) is 36.8. The molecule has 2 aliphatic heterocycles. The predicted molar refractivity (Wildman–Crippen MR) is 254 cm³/mol. The van der Waals surface area contributed by atoms with Crippen molar-refractivity contribution in [1.29, 1.82) is 0 Å². The van der Waals surface area contributed by atoms with Crippen LogP contribution in [0.1, 0.15) is 123 Å². The molecule has 0 bridgehead atoms. The molecule has 59 heavy (non-hydrogen) atoms. The van der Waals surface area contributed by atoms with Crippen LogP contribution in [-0.2, 0) is 10.8 Å². The highest BCUT2D eigenvalue weighted by atomic mass is 16.5. The third-order valence-corrected chi connectivity index (χ3v) is 13.3. The summed E-state index contributed by atoms with van der Waals surface area (Å²) in [4.78, 5) is 2.63. The largest absolute Gasteiger partial charge is 0.494 e. The minimum Gasteiger partial charge on any atom is -0.494 e. The molecule has 2 heterocycles. The second-order valence-corrected chi connectivity index (χ2v) is 18.1. The number of hydrogen-bond acceptors (Lipinski definition) is 2. The Morgan fingerprint density at radius 1 is 0.661 bits per heavy atom. The summed E-state index contributed by atoms with van der Waals surface area (Å²) in [5.74, 6) is 0.951. The summed E-state index contributed by atoms with van der Waals surface area (Å²) in [5, 5.41) is 5.38. The minimum absolute atomic E-state index is 0.133. The van der Waals surface area contributed by atoms with Crippen LogP contribution in [0, 0.1) is 0 Å². The van der Waals surface area contributed by atoms with Crippen molar-refractivity contribution in [3.8, 4) is 5.75 Å². The second kappa shape index (κ2) is 17.2. The van der Waals surface area contributed by atoms with Gasteiger partial charge in [-0.3, -0.25) is 0 Å². The summed E-state index contributed by atoms with van der Waals surface area (Å²) in [6.07, 6.45) is 20.0. The van der Waals surface area contributed by atoms with Crippen LogP contribution < -0.4 is 9.64 Å². The van der Waals surface area contributed by atoms with Crippen molar-refractivity contribution >= 4 is 44.2 Å². The van der Waals surface area contributed by atoms with Gasteiger partial charge in [0.1, 0.15) is 12.3 Å². The number of ether oxygens (including phenoxy) is 1. The summed E-state index contributed by atoms with van der Waals surface area (Å²) < 4.78 is 8.79. The van der Waals surface area contributed by atoms with Crippen LogP contribution in [0.15, 0.2) is 138 Å². The molecule has 0 saturated carbocycles. The molecule has 0 atom stereocenters. The van der Waals surface area contributed by atoms with Gasteiger partial charge in [0, 0.05) is 47.5 Å². The Morgan fingerprint density at radius 3 is 2.05 bits per heavy atom. The van der Waals surface area contributed by atoms with Gasteiger partial charge in [-0.25, -0.2) is 0 Å². The van der Waals surface area contributed by atoms with Crippen molar-refractivity contribution < 1.29 is 9.31 Å². The van der Waals surface area contributed by atoms with E-state index in [1.54, 1.807) is 0 Å². The highest BCUT2D eigenvalue weighted by molar-refractivity contribution is 6.08. The molecule has 3 aliphatic rings. The number of allylic oxidation sites excluding steroid dienone is 8. The summed E-state index contributed by atoms with van der Waals surface area (Å²) in [7, 11) is 0. The lowest BCUT2D eigenvalue weighted by molar-refractivity contribution is -0.438. The van der Waals surface area contributed by atoms with Crippen molar-refractivity contribution in [3.05, 3.63) is 155 Å². The van der Waals surface area contributed by atoms with Crippen LogP contribution in [-0.4, -0.2) is 30.0 Å². The van der Waals surface area contributed by atoms with E-state index in [2.05, 4.69) is 179 Å². The van der Waals surface area contributed by atoms with Crippen molar-refractivity contribution in [2.75, 3.05) is 24.6 Å². The monoisotopic (exact) mass is 782 g/mol. The van der Waals surface area contributed by atoms with Crippen LogP contribution >= 0.6 is 0 Å². The van der Waals surface area contributed by atoms with Crippen LogP contribution in [0.4, 0.5) is 11.4 Å². The minimum atomic E-state index is -0.133. The molecule has 304 valence electrons. The average Bonchev–Trinajstić information content (AvgIpc) is 3.61. The molecule has 0 radical (unpaired) electrons. The maximum absolute atomic E-state index is 6.16. The highest BCUT2D eigenvalue weighted by Crippen LogP contribution is 2.51. The van der Waals surface area contributed by atoms with E-state index in [1.807, 2.05) is 0 Å². The van der Waals surface area contributed by atoms with E-state index < -0.39 is 0 Å². The van der Waals surface area contributed by atoms with Gasteiger partial charge in [0.25, 0.3) is 0 Å². The van der Waals surface area contributed by atoms with E-state index in [0.717, 1.165) is 70.4 Å². The summed E-state index contributed by atoms with van der Waals surface area (Å²) >= 11 is 0. The van der Waals surface area contributed by atoms with Crippen molar-refractivity contribution in [3.63, 3.8) is 0 Å². The lowest BCUT2D eigenvalue weighted by Crippen LogP contribution is -2.28. The molecular formula is C56H65N2O+. The first-order chi connectivity index (χ1) is 28.7. The lowest BCUT2D eigenvalue weighted by Gasteiger charge is -2.28. The lowest BCUT2D eigenvalue weighted by atomic mass is 9.78. The maximum Gasteiger partial charge on any atom is 0.210 e. The molecule has 3 heteroatoms. The number of benzene rings is 5. The second-order valence-electron chi connectivity index (χ2n) is 18.1. The van der Waals surface area contributed by atoms with Crippen LogP contribution in [0.3, 0.4) is 0 Å². The topological polar surface area (TPSA) is 15.5 Å². The Kier molecular flexibility index (Phi) is 11.9. The molecule has 3 nitrogen and oxygen atoms in total. The standard InChI is InChI=1S/C56H65N2O/c1-8-11-37-57-48-33-27-40-19-14-16-23-46(40)53(48)55(4,5)50(57)35-29-42-21-18-22-43(52(42)44-25-31-45(32-26-44)59-39-13-10-3)30-36-51-56(6,7)54-47-24-17-15-20-41(47)28-34-49(54)58(51)38-12-9-2/h14-17,19-20,23-36H,8-13,18,21-22,37-39H2,1-7H3/q+1. The van der Waals surface area contributed by atoms with Gasteiger partial charge in [-0.2, -0.15) is 4.58 Å². The van der Waals surface area contributed by atoms with Crippen LogP contribution in [0.5, 0.6) is 5.75 Å². The van der Waals surface area contributed by atoms with E-state index in [-0.39, 0.29) is 10.8 Å². The number of rotatable bonds is 14. The fourth-order valence-electron chi connectivity index (χ4n) is 10.2. The molecule has 1 aliphatic carbocycles. The normalized spacial score (nSPS) is 18.6. The summed E-state index contributed by atoms with van der Waals surface area (Å²) in [5.41, 5.74) is 13.7. The molecule has 0 saturated heterocycles. The van der Waals surface area contributed by atoms with Crippen LogP contribution in [0.25, 0.3) is 27.1 Å². The van der Waals surface area contributed by atoms with E-state index in [9.17, 15) is 0 Å². The van der Waals surface area contributed by atoms with Crippen molar-refractivity contribution in [2.24, 2.45) is 0 Å². The van der Waals surface area contributed by atoms with E-state index in [4.69, 9.17) is 4.74 Å². The third kappa shape index (κ3) is 7.63. The number of nitrogens with zero attached hydrogens (tertiary/aromatic N) is 2. The first-order valence-corrected chi connectivity index (χ1v) is 22.7. The number of hydrogen-bond donors (Lipinski definition) is 0. The molecule has 5 aromatic rings.